The minimum Gasteiger partial charge on any atom is -0.372 e. The highest BCUT2D eigenvalue weighted by Crippen LogP contribution is 2.25. The Labute approximate surface area is 83.5 Å². The van der Waals surface area contributed by atoms with E-state index in [1.165, 1.54) is 16.0 Å². The normalized spacial score (nSPS) is 20.3. The van der Waals surface area contributed by atoms with Crippen molar-refractivity contribution in [1.82, 2.24) is 0 Å². The van der Waals surface area contributed by atoms with Gasteiger partial charge in [0.1, 0.15) is 0 Å². The molecule has 0 aliphatic carbocycles. The molecular weight excluding hydrogens is 180 g/mol. The topological polar surface area (TPSA) is 12.5 Å². The van der Waals surface area contributed by atoms with E-state index < -0.39 is 0 Å². The highest BCUT2D eigenvalue weighted by atomic mass is 32.2. The summed E-state index contributed by atoms with van der Waals surface area (Å²) >= 11 is 1.89. The van der Waals surface area contributed by atoms with Crippen molar-refractivity contribution in [3.05, 3.63) is 29.3 Å². The van der Waals surface area contributed by atoms with Crippen LogP contribution in [0.25, 0.3) is 0 Å². The monoisotopic (exact) mass is 194 g/mol. The molecule has 1 saturated heterocycles. The lowest BCUT2D eigenvalue weighted by Crippen LogP contribution is -1.89. The van der Waals surface area contributed by atoms with Gasteiger partial charge in [-0.2, -0.15) is 0 Å². The van der Waals surface area contributed by atoms with Crippen molar-refractivity contribution in [3.63, 3.8) is 0 Å². The number of rotatable bonds is 3. The van der Waals surface area contributed by atoms with Gasteiger partial charge in [0.15, 0.2) is 0 Å². The third-order valence-electron chi connectivity index (χ3n) is 2.32. The van der Waals surface area contributed by atoms with Gasteiger partial charge in [-0.1, -0.05) is 6.07 Å². The fraction of sp³-hybridized carbons (Fsp3) is 0.455. The molecule has 2 heteroatoms. The SMILES string of the molecule is Cc1ccc(SC[C@@H]2CO2)cc1C. The van der Waals surface area contributed by atoms with E-state index in [1.54, 1.807) is 0 Å². The summed E-state index contributed by atoms with van der Waals surface area (Å²) in [5.41, 5.74) is 2.74. The van der Waals surface area contributed by atoms with Crippen LogP contribution < -0.4 is 0 Å². The maximum Gasteiger partial charge on any atom is 0.0903 e. The quantitative estimate of drug-likeness (QED) is 0.542. The molecule has 1 heterocycles. The molecule has 13 heavy (non-hydrogen) atoms. The summed E-state index contributed by atoms with van der Waals surface area (Å²) in [4.78, 5) is 1.36. The smallest absolute Gasteiger partial charge is 0.0903 e. The molecule has 0 aromatic heterocycles. The van der Waals surface area contributed by atoms with Crippen LogP contribution in [0.3, 0.4) is 0 Å². The zero-order valence-corrected chi connectivity index (χ0v) is 8.86. The van der Waals surface area contributed by atoms with Crippen molar-refractivity contribution in [1.29, 1.82) is 0 Å². The molecule has 1 fully saturated rings. The van der Waals surface area contributed by atoms with E-state index in [9.17, 15) is 0 Å². The van der Waals surface area contributed by atoms with Crippen molar-refractivity contribution in [3.8, 4) is 0 Å². The standard InChI is InChI=1S/C11H14OS/c1-8-3-4-11(5-9(8)2)13-7-10-6-12-10/h3-5,10H,6-7H2,1-2H3/t10-/m0/s1. The van der Waals surface area contributed by atoms with E-state index in [2.05, 4.69) is 32.0 Å². The first kappa shape index (κ1) is 9.10. The van der Waals surface area contributed by atoms with Crippen molar-refractivity contribution in [2.24, 2.45) is 0 Å². The van der Waals surface area contributed by atoms with Gasteiger partial charge in [0.25, 0.3) is 0 Å². The Morgan fingerprint density at radius 3 is 2.77 bits per heavy atom. The highest BCUT2D eigenvalue weighted by molar-refractivity contribution is 7.99. The zero-order chi connectivity index (χ0) is 9.26. The van der Waals surface area contributed by atoms with Gasteiger partial charge in [-0.15, -0.1) is 11.8 Å². The zero-order valence-electron chi connectivity index (χ0n) is 8.04. The van der Waals surface area contributed by atoms with Crippen LogP contribution in [0.15, 0.2) is 23.1 Å². The molecule has 0 unspecified atom stereocenters. The van der Waals surface area contributed by atoms with E-state index in [-0.39, 0.29) is 0 Å². The van der Waals surface area contributed by atoms with Crippen molar-refractivity contribution in [2.45, 2.75) is 24.8 Å². The Morgan fingerprint density at radius 1 is 1.38 bits per heavy atom. The molecule has 1 aliphatic heterocycles. The Kier molecular flexibility index (Phi) is 2.61. The Balaban J connectivity index is 1.98. The summed E-state index contributed by atoms with van der Waals surface area (Å²) in [6.07, 6.45) is 0.520. The molecule has 1 aromatic rings. The maximum absolute atomic E-state index is 5.16. The van der Waals surface area contributed by atoms with Gasteiger partial charge in [0, 0.05) is 10.6 Å². The fourth-order valence-corrected chi connectivity index (χ4v) is 2.15. The number of epoxide rings is 1. The first-order chi connectivity index (χ1) is 6.25. The second-order valence-electron chi connectivity index (χ2n) is 3.51. The molecule has 1 aliphatic rings. The van der Waals surface area contributed by atoms with E-state index in [0.717, 1.165) is 12.4 Å². The number of hydrogen-bond donors (Lipinski definition) is 0. The van der Waals surface area contributed by atoms with Crippen LogP contribution in [0.1, 0.15) is 11.1 Å². The van der Waals surface area contributed by atoms with E-state index in [4.69, 9.17) is 4.74 Å². The molecule has 0 saturated carbocycles. The van der Waals surface area contributed by atoms with Gasteiger partial charge in [0.2, 0.25) is 0 Å². The summed E-state index contributed by atoms with van der Waals surface area (Å²) < 4.78 is 5.16. The molecule has 2 rings (SSSR count). The second-order valence-corrected chi connectivity index (χ2v) is 4.61. The largest absolute Gasteiger partial charge is 0.372 e. The summed E-state index contributed by atoms with van der Waals surface area (Å²) in [5.74, 6) is 1.10. The second kappa shape index (κ2) is 3.72. The lowest BCUT2D eigenvalue weighted by molar-refractivity contribution is 0.426. The van der Waals surface area contributed by atoms with Crippen LogP contribution in [0.4, 0.5) is 0 Å². The van der Waals surface area contributed by atoms with Crippen molar-refractivity contribution < 1.29 is 4.74 Å². The minimum absolute atomic E-state index is 0.520. The number of ether oxygens (including phenoxy) is 1. The molecule has 0 radical (unpaired) electrons. The molecule has 1 aromatic carbocycles. The van der Waals surface area contributed by atoms with Crippen LogP contribution >= 0.6 is 11.8 Å². The van der Waals surface area contributed by atoms with Gasteiger partial charge in [-0.25, -0.2) is 0 Å². The predicted molar refractivity (Wildman–Crippen MR) is 56.4 cm³/mol. The molecular formula is C11H14OS. The average Bonchev–Trinajstić information content (AvgIpc) is 2.91. The molecule has 0 bridgehead atoms. The van der Waals surface area contributed by atoms with Crippen molar-refractivity contribution in [2.75, 3.05) is 12.4 Å². The van der Waals surface area contributed by atoms with Crippen LogP contribution in [-0.4, -0.2) is 18.5 Å². The van der Waals surface area contributed by atoms with Gasteiger partial charge < -0.3 is 4.74 Å². The summed E-state index contributed by atoms with van der Waals surface area (Å²) in [6, 6.07) is 6.63. The summed E-state index contributed by atoms with van der Waals surface area (Å²) in [5, 5.41) is 0. The van der Waals surface area contributed by atoms with Gasteiger partial charge in [-0.3, -0.25) is 0 Å². The minimum atomic E-state index is 0.520. The van der Waals surface area contributed by atoms with E-state index in [1.807, 2.05) is 11.8 Å². The van der Waals surface area contributed by atoms with E-state index in [0.29, 0.717) is 6.10 Å². The molecule has 0 N–H and O–H groups in total. The van der Waals surface area contributed by atoms with Gasteiger partial charge >= 0.3 is 0 Å². The number of hydrogen-bond acceptors (Lipinski definition) is 2. The lowest BCUT2D eigenvalue weighted by atomic mass is 10.1. The number of aryl methyl sites for hydroxylation is 2. The van der Waals surface area contributed by atoms with Gasteiger partial charge in [0.05, 0.1) is 12.7 Å². The van der Waals surface area contributed by atoms with Crippen LogP contribution in [0.2, 0.25) is 0 Å². The molecule has 1 nitrogen and oxygen atoms in total. The van der Waals surface area contributed by atoms with Gasteiger partial charge in [-0.05, 0) is 37.1 Å². The first-order valence-corrected chi connectivity index (χ1v) is 5.56. The Morgan fingerprint density at radius 2 is 2.15 bits per heavy atom. The molecule has 70 valence electrons. The Bertz CT molecular complexity index is 305. The lowest BCUT2D eigenvalue weighted by Gasteiger charge is -2.03. The summed E-state index contributed by atoms with van der Waals surface area (Å²) in [6.45, 7) is 5.26. The third-order valence-corrected chi connectivity index (χ3v) is 3.44. The van der Waals surface area contributed by atoms with Crippen LogP contribution in [0.5, 0.6) is 0 Å². The Hall–Kier alpha value is -0.470. The third kappa shape index (κ3) is 2.48. The highest BCUT2D eigenvalue weighted by Gasteiger charge is 2.22. The fourth-order valence-electron chi connectivity index (χ4n) is 1.16. The van der Waals surface area contributed by atoms with Crippen molar-refractivity contribution >= 4 is 11.8 Å². The molecule has 0 spiro atoms. The average molecular weight is 194 g/mol. The summed E-state index contributed by atoms with van der Waals surface area (Å²) in [7, 11) is 0. The maximum atomic E-state index is 5.16. The predicted octanol–water partition coefficient (Wildman–Crippen LogP) is 2.79. The van der Waals surface area contributed by atoms with Crippen LogP contribution in [-0.2, 0) is 4.74 Å². The van der Waals surface area contributed by atoms with Crippen LogP contribution in [0, 0.1) is 13.8 Å². The molecule has 1 atom stereocenters. The van der Waals surface area contributed by atoms with E-state index >= 15 is 0 Å². The molecule has 0 amide bonds. The first-order valence-electron chi connectivity index (χ1n) is 4.57. The number of thioether (sulfide) groups is 1. The number of benzene rings is 1.